The first kappa shape index (κ1) is 26.5. The maximum absolute atomic E-state index is 13.9. The van der Waals surface area contributed by atoms with Gasteiger partial charge in [0.05, 0.1) is 19.2 Å². The zero-order chi connectivity index (χ0) is 28.7. The molecule has 0 unspecified atom stereocenters. The molecule has 0 radical (unpaired) electrons. The van der Waals surface area contributed by atoms with Crippen molar-refractivity contribution in [2.75, 3.05) is 12.0 Å². The van der Waals surface area contributed by atoms with E-state index in [0.717, 1.165) is 49.5 Å². The molecule has 0 aliphatic carbocycles. The summed E-state index contributed by atoms with van der Waals surface area (Å²) in [6, 6.07) is 43.8. The molecule has 3 heteroatoms. The second kappa shape index (κ2) is 12.2. The maximum atomic E-state index is 13.9. The van der Waals surface area contributed by atoms with E-state index < -0.39 is 0 Å². The highest BCUT2D eigenvalue weighted by Crippen LogP contribution is 2.25. The van der Waals surface area contributed by atoms with Gasteiger partial charge in [-0.2, -0.15) is 0 Å². The number of fused-ring (bicyclic) bond motifs is 2. The highest BCUT2D eigenvalue weighted by atomic mass is 16.5. The lowest BCUT2D eigenvalue weighted by Crippen LogP contribution is -2.29. The van der Waals surface area contributed by atoms with Crippen LogP contribution in [0.5, 0.6) is 5.75 Å². The molecule has 6 rings (SSSR count). The van der Waals surface area contributed by atoms with Crippen LogP contribution in [-0.2, 0) is 11.3 Å². The van der Waals surface area contributed by atoms with E-state index in [9.17, 15) is 4.79 Å². The number of rotatable bonds is 4. The highest BCUT2D eigenvalue weighted by Gasteiger charge is 2.16. The van der Waals surface area contributed by atoms with Gasteiger partial charge in [0, 0.05) is 22.7 Å². The highest BCUT2D eigenvalue weighted by molar-refractivity contribution is 6.07. The molecule has 42 heavy (non-hydrogen) atoms. The van der Waals surface area contributed by atoms with Gasteiger partial charge >= 0.3 is 5.91 Å². The Morgan fingerprint density at radius 3 is 2.14 bits per heavy atom. The summed E-state index contributed by atoms with van der Waals surface area (Å²) in [4.78, 5) is 15.6. The predicted molar refractivity (Wildman–Crippen MR) is 171 cm³/mol. The summed E-state index contributed by atoms with van der Waals surface area (Å²) in [5, 5.41) is 4.17. The van der Waals surface area contributed by atoms with E-state index in [1.165, 1.54) is 0 Å². The first-order valence-electron chi connectivity index (χ1n) is 13.7. The SMILES string of the molecule is COc1ccccc1C#Cc1ccc2ccccc2c1C#CC(=O)N(Cc1ccccc1)c1ccc2ccccc2c1. The Hall–Kier alpha value is -5.77. The van der Waals surface area contributed by atoms with Crippen LogP contribution in [0.1, 0.15) is 22.3 Å². The van der Waals surface area contributed by atoms with Gasteiger partial charge < -0.3 is 4.74 Å². The molecule has 6 aromatic rings. The van der Waals surface area contributed by atoms with Crippen molar-refractivity contribution in [3.8, 4) is 29.4 Å². The van der Waals surface area contributed by atoms with Crippen molar-refractivity contribution in [2.24, 2.45) is 0 Å². The fourth-order valence-corrected chi connectivity index (χ4v) is 4.97. The number of methoxy groups -OCH3 is 1. The van der Waals surface area contributed by atoms with Gasteiger partial charge in [0.2, 0.25) is 0 Å². The summed E-state index contributed by atoms with van der Waals surface area (Å²) < 4.78 is 5.48. The minimum absolute atomic E-state index is 0.286. The first-order chi connectivity index (χ1) is 20.7. The van der Waals surface area contributed by atoms with Crippen LogP contribution in [0.2, 0.25) is 0 Å². The normalized spacial score (nSPS) is 10.3. The van der Waals surface area contributed by atoms with E-state index in [2.05, 4.69) is 35.8 Å². The number of para-hydroxylation sites is 1. The molecule has 3 nitrogen and oxygen atoms in total. The van der Waals surface area contributed by atoms with Gasteiger partial charge in [-0.25, -0.2) is 0 Å². The van der Waals surface area contributed by atoms with Gasteiger partial charge in [0.25, 0.3) is 0 Å². The van der Waals surface area contributed by atoms with Crippen molar-refractivity contribution in [3.63, 3.8) is 0 Å². The number of nitrogens with zero attached hydrogens (tertiary/aromatic N) is 1. The number of hydrogen-bond donors (Lipinski definition) is 0. The molecule has 0 aromatic heterocycles. The van der Waals surface area contributed by atoms with Crippen LogP contribution in [0, 0.1) is 23.7 Å². The molecule has 0 aliphatic heterocycles. The van der Waals surface area contributed by atoms with Gasteiger partial charge in [-0.1, -0.05) is 121 Å². The summed E-state index contributed by atoms with van der Waals surface area (Å²) >= 11 is 0. The van der Waals surface area contributed by atoms with Crippen molar-refractivity contribution < 1.29 is 9.53 Å². The summed E-state index contributed by atoms with van der Waals surface area (Å²) in [5.41, 5.74) is 4.08. The first-order valence-corrected chi connectivity index (χ1v) is 13.7. The third-order valence-electron chi connectivity index (χ3n) is 7.14. The van der Waals surface area contributed by atoms with Crippen molar-refractivity contribution in [3.05, 3.63) is 156 Å². The van der Waals surface area contributed by atoms with Crippen LogP contribution in [0.25, 0.3) is 21.5 Å². The second-order valence-corrected chi connectivity index (χ2v) is 9.82. The summed E-state index contributed by atoms with van der Waals surface area (Å²) in [6.07, 6.45) is 0. The van der Waals surface area contributed by atoms with Crippen LogP contribution in [0.15, 0.2) is 133 Å². The Kier molecular flexibility index (Phi) is 7.67. The summed E-state index contributed by atoms with van der Waals surface area (Å²) in [5.74, 6) is 13.1. The average Bonchev–Trinajstić information content (AvgIpc) is 3.05. The molecule has 0 heterocycles. The van der Waals surface area contributed by atoms with Gasteiger partial charge in [0.15, 0.2) is 0 Å². The fraction of sp³-hybridized carbons (Fsp3) is 0.0513. The molecule has 0 aliphatic rings. The number of carbonyl (C=O) groups is 1. The average molecular weight is 542 g/mol. The van der Waals surface area contributed by atoms with Gasteiger partial charge in [-0.15, -0.1) is 0 Å². The van der Waals surface area contributed by atoms with Gasteiger partial charge in [-0.3, -0.25) is 9.69 Å². The van der Waals surface area contributed by atoms with Gasteiger partial charge in [0.1, 0.15) is 5.75 Å². The number of amides is 1. The Labute approximate surface area is 246 Å². The zero-order valence-electron chi connectivity index (χ0n) is 23.2. The molecular formula is C39H27NO2. The number of ether oxygens (including phenoxy) is 1. The Bertz CT molecular complexity index is 2040. The smallest absolute Gasteiger partial charge is 0.303 e. The Balaban J connectivity index is 1.43. The van der Waals surface area contributed by atoms with Crippen LogP contribution < -0.4 is 9.64 Å². The molecule has 200 valence electrons. The molecular weight excluding hydrogens is 514 g/mol. The lowest BCUT2D eigenvalue weighted by atomic mass is 9.99. The van der Waals surface area contributed by atoms with Crippen LogP contribution in [-0.4, -0.2) is 13.0 Å². The van der Waals surface area contributed by atoms with Crippen molar-refractivity contribution in [2.45, 2.75) is 6.54 Å². The minimum Gasteiger partial charge on any atom is -0.495 e. The summed E-state index contributed by atoms with van der Waals surface area (Å²) in [6.45, 7) is 0.405. The summed E-state index contributed by atoms with van der Waals surface area (Å²) in [7, 11) is 1.63. The monoisotopic (exact) mass is 541 g/mol. The Morgan fingerprint density at radius 1 is 0.643 bits per heavy atom. The van der Waals surface area contributed by atoms with E-state index in [-0.39, 0.29) is 5.91 Å². The van der Waals surface area contributed by atoms with Gasteiger partial charge in [-0.05, 0) is 57.4 Å². The maximum Gasteiger partial charge on any atom is 0.303 e. The fourth-order valence-electron chi connectivity index (χ4n) is 4.97. The molecule has 1 amide bonds. The molecule has 0 bridgehead atoms. The van der Waals surface area contributed by atoms with E-state index in [0.29, 0.717) is 12.3 Å². The standard InChI is InChI=1S/C39H27NO2/c1-42-38-18-10-8-15-33(38)22-21-32-20-19-31-14-7-9-17-36(31)37(32)25-26-39(41)40(28-29-11-3-2-4-12-29)35-24-23-30-13-5-6-16-34(30)27-35/h2-20,23-24,27H,28H2,1H3. The molecule has 0 saturated carbocycles. The number of hydrogen-bond acceptors (Lipinski definition) is 2. The minimum atomic E-state index is -0.286. The lowest BCUT2D eigenvalue weighted by molar-refractivity contribution is -0.113. The third-order valence-corrected chi connectivity index (χ3v) is 7.14. The molecule has 0 N–H and O–H groups in total. The lowest BCUT2D eigenvalue weighted by Gasteiger charge is -2.21. The largest absolute Gasteiger partial charge is 0.495 e. The predicted octanol–water partition coefficient (Wildman–Crippen LogP) is 7.99. The topological polar surface area (TPSA) is 29.5 Å². The van der Waals surface area contributed by atoms with Crippen LogP contribution in [0.3, 0.4) is 0 Å². The molecule has 0 spiro atoms. The quantitative estimate of drug-likeness (QED) is 0.212. The molecule has 0 atom stereocenters. The zero-order valence-corrected chi connectivity index (χ0v) is 23.2. The van der Waals surface area contributed by atoms with E-state index >= 15 is 0 Å². The number of anilines is 1. The number of carbonyl (C=O) groups excluding carboxylic acids is 1. The van der Waals surface area contributed by atoms with Crippen molar-refractivity contribution in [1.82, 2.24) is 0 Å². The Morgan fingerprint density at radius 2 is 1.31 bits per heavy atom. The molecule has 6 aromatic carbocycles. The van der Waals surface area contributed by atoms with E-state index in [1.54, 1.807) is 12.0 Å². The molecule has 0 fully saturated rings. The van der Waals surface area contributed by atoms with E-state index in [4.69, 9.17) is 4.74 Å². The number of benzene rings is 6. The molecule has 0 saturated heterocycles. The van der Waals surface area contributed by atoms with E-state index in [1.807, 2.05) is 121 Å². The van der Waals surface area contributed by atoms with Crippen LogP contribution in [0.4, 0.5) is 5.69 Å². The second-order valence-electron chi connectivity index (χ2n) is 9.82. The van der Waals surface area contributed by atoms with Crippen molar-refractivity contribution >= 4 is 33.1 Å². The van der Waals surface area contributed by atoms with Crippen molar-refractivity contribution in [1.29, 1.82) is 0 Å². The van der Waals surface area contributed by atoms with Crippen LogP contribution >= 0.6 is 0 Å². The third kappa shape index (κ3) is 5.73.